The van der Waals surface area contributed by atoms with Crippen molar-refractivity contribution >= 4 is 27.5 Å². The Morgan fingerprint density at radius 2 is 1.70 bits per heavy atom. The number of nitrogens with zero attached hydrogens (tertiary/aromatic N) is 2. The molecule has 0 saturated carbocycles. The van der Waals surface area contributed by atoms with E-state index in [0.717, 1.165) is 33.8 Å². The molecule has 0 aliphatic rings. The van der Waals surface area contributed by atoms with E-state index < -0.39 is 27.7 Å². The number of hydrogen-bond acceptors (Lipinski definition) is 4. The first-order valence-electron chi connectivity index (χ1n) is 10.4. The Balaban J connectivity index is 2.15. The molecule has 0 unspecified atom stereocenters. The average molecular weight is 482 g/mol. The second kappa shape index (κ2) is 11.2. The number of carbonyl (C=O) groups excluding carboxylic acids is 2. The van der Waals surface area contributed by atoms with Crippen molar-refractivity contribution in [3.05, 3.63) is 65.2 Å². The second-order valence-corrected chi connectivity index (χ2v) is 9.74. The van der Waals surface area contributed by atoms with Crippen LogP contribution in [-0.4, -0.2) is 51.0 Å². The van der Waals surface area contributed by atoms with Gasteiger partial charge in [-0.15, -0.1) is 0 Å². The third-order valence-electron chi connectivity index (χ3n) is 5.23. The Bertz CT molecular complexity index is 1090. The Kier molecular flexibility index (Phi) is 8.92. The minimum absolute atomic E-state index is 0.0286. The fourth-order valence-electron chi connectivity index (χ4n) is 3.33. The molecular formula is C23H29F2N3O4S. The summed E-state index contributed by atoms with van der Waals surface area (Å²) in [4.78, 5) is 26.6. The summed E-state index contributed by atoms with van der Waals surface area (Å²) in [7, 11) is -2.31. The first-order chi connectivity index (χ1) is 15.4. The van der Waals surface area contributed by atoms with Crippen LogP contribution < -0.4 is 9.62 Å². The lowest BCUT2D eigenvalue weighted by Crippen LogP contribution is -2.46. The number of rotatable bonds is 10. The molecule has 2 amide bonds. The molecule has 2 rings (SSSR count). The van der Waals surface area contributed by atoms with Gasteiger partial charge in [-0.25, -0.2) is 17.2 Å². The monoisotopic (exact) mass is 481 g/mol. The number of likely N-dealkylation sites (N-methyl/N-ethyl adjacent to an activating group) is 1. The summed E-state index contributed by atoms with van der Waals surface area (Å²) in [5, 5.41) is 2.53. The Hall–Kier alpha value is -3.01. The molecule has 0 spiro atoms. The number of nitrogens with one attached hydrogen (secondary N) is 1. The van der Waals surface area contributed by atoms with Crippen LogP contribution in [0, 0.1) is 18.6 Å². The number of benzene rings is 2. The molecule has 1 N–H and O–H groups in total. The Labute approximate surface area is 193 Å². The maximum Gasteiger partial charge on any atom is 0.242 e. The maximum atomic E-state index is 13.6. The van der Waals surface area contributed by atoms with Gasteiger partial charge >= 0.3 is 0 Å². The van der Waals surface area contributed by atoms with Crippen molar-refractivity contribution in [1.29, 1.82) is 0 Å². The molecule has 10 heteroatoms. The van der Waals surface area contributed by atoms with Crippen LogP contribution in [0.4, 0.5) is 14.5 Å². The third kappa shape index (κ3) is 7.24. The van der Waals surface area contributed by atoms with Gasteiger partial charge in [-0.2, -0.15) is 0 Å². The molecule has 0 bridgehead atoms. The van der Waals surface area contributed by atoms with Crippen molar-refractivity contribution in [1.82, 2.24) is 10.2 Å². The molecule has 33 heavy (non-hydrogen) atoms. The number of halogens is 2. The fourth-order valence-corrected chi connectivity index (χ4v) is 4.28. The van der Waals surface area contributed by atoms with Crippen LogP contribution in [0.5, 0.6) is 0 Å². The molecule has 0 fully saturated rings. The van der Waals surface area contributed by atoms with Crippen LogP contribution in [0.1, 0.15) is 30.9 Å². The number of anilines is 1. The standard InChI is InChI=1S/C23H29F2N3O4S/c1-16-7-9-18(10-8-16)15-27(17(2)23(30)26-3)22(29)6-5-13-28(33(4,31)32)19-11-12-20(24)21(25)14-19/h7-12,14,17H,5-6,13,15H2,1-4H3,(H,26,30)/t17-/m1/s1. The topological polar surface area (TPSA) is 86.8 Å². The third-order valence-corrected chi connectivity index (χ3v) is 6.42. The summed E-state index contributed by atoms with van der Waals surface area (Å²) in [6, 6.07) is 9.65. The number of amides is 2. The van der Waals surface area contributed by atoms with Crippen LogP contribution in [0.2, 0.25) is 0 Å². The number of sulfonamides is 1. The Morgan fingerprint density at radius 3 is 2.24 bits per heavy atom. The zero-order valence-electron chi connectivity index (χ0n) is 19.1. The van der Waals surface area contributed by atoms with Crippen molar-refractivity contribution in [2.45, 2.75) is 39.3 Å². The van der Waals surface area contributed by atoms with Crippen LogP contribution in [0.25, 0.3) is 0 Å². The minimum atomic E-state index is -3.80. The van der Waals surface area contributed by atoms with Crippen molar-refractivity contribution in [2.75, 3.05) is 24.2 Å². The molecule has 0 saturated heterocycles. The zero-order chi connectivity index (χ0) is 24.8. The van der Waals surface area contributed by atoms with Crippen molar-refractivity contribution < 1.29 is 26.8 Å². The van der Waals surface area contributed by atoms with E-state index >= 15 is 0 Å². The van der Waals surface area contributed by atoms with Gasteiger partial charge in [0.1, 0.15) is 6.04 Å². The van der Waals surface area contributed by atoms with E-state index in [9.17, 15) is 26.8 Å². The van der Waals surface area contributed by atoms with Crippen LogP contribution >= 0.6 is 0 Å². The van der Waals surface area contributed by atoms with Gasteiger partial charge in [-0.3, -0.25) is 13.9 Å². The van der Waals surface area contributed by atoms with Crippen molar-refractivity contribution in [3.8, 4) is 0 Å². The lowest BCUT2D eigenvalue weighted by Gasteiger charge is -2.29. The summed E-state index contributed by atoms with van der Waals surface area (Å²) in [5.41, 5.74) is 1.89. The number of aryl methyl sites for hydroxylation is 1. The van der Waals surface area contributed by atoms with E-state index in [-0.39, 0.29) is 43.4 Å². The van der Waals surface area contributed by atoms with Crippen LogP contribution in [0.3, 0.4) is 0 Å². The van der Waals surface area contributed by atoms with Gasteiger partial charge in [-0.05, 0) is 38.0 Å². The summed E-state index contributed by atoms with van der Waals surface area (Å²) >= 11 is 0. The van der Waals surface area contributed by atoms with E-state index in [2.05, 4.69) is 5.32 Å². The predicted octanol–water partition coefficient (Wildman–Crippen LogP) is 2.98. The van der Waals surface area contributed by atoms with Gasteiger partial charge in [0.15, 0.2) is 11.6 Å². The summed E-state index contributed by atoms with van der Waals surface area (Å²) in [5.74, 6) is -2.90. The largest absolute Gasteiger partial charge is 0.357 e. The minimum Gasteiger partial charge on any atom is -0.357 e. The van der Waals surface area contributed by atoms with Crippen LogP contribution in [-0.2, 0) is 26.2 Å². The second-order valence-electron chi connectivity index (χ2n) is 7.83. The molecular weight excluding hydrogens is 452 g/mol. The summed E-state index contributed by atoms with van der Waals surface area (Å²) in [6.07, 6.45) is 1.03. The lowest BCUT2D eigenvalue weighted by atomic mass is 10.1. The fraction of sp³-hybridized carbons (Fsp3) is 0.391. The van der Waals surface area contributed by atoms with Crippen molar-refractivity contribution in [3.63, 3.8) is 0 Å². The first kappa shape index (κ1) is 26.2. The van der Waals surface area contributed by atoms with Gasteiger partial charge in [0.05, 0.1) is 11.9 Å². The molecule has 0 radical (unpaired) electrons. The summed E-state index contributed by atoms with van der Waals surface area (Å²) < 4.78 is 52.2. The molecule has 1 atom stereocenters. The molecule has 0 aliphatic heterocycles. The quantitative estimate of drug-likeness (QED) is 0.565. The van der Waals surface area contributed by atoms with E-state index in [1.54, 1.807) is 6.92 Å². The molecule has 0 heterocycles. The van der Waals surface area contributed by atoms with E-state index in [4.69, 9.17) is 0 Å². The molecule has 7 nitrogen and oxygen atoms in total. The highest BCUT2D eigenvalue weighted by Gasteiger charge is 2.26. The highest BCUT2D eigenvalue weighted by molar-refractivity contribution is 7.92. The molecule has 2 aromatic carbocycles. The highest BCUT2D eigenvalue weighted by Crippen LogP contribution is 2.21. The van der Waals surface area contributed by atoms with E-state index in [0.29, 0.717) is 0 Å². The Morgan fingerprint density at radius 1 is 1.06 bits per heavy atom. The van der Waals surface area contributed by atoms with Crippen LogP contribution in [0.15, 0.2) is 42.5 Å². The van der Waals surface area contributed by atoms with Gasteiger partial charge in [-0.1, -0.05) is 29.8 Å². The van der Waals surface area contributed by atoms with Gasteiger partial charge in [0.2, 0.25) is 21.8 Å². The smallest absolute Gasteiger partial charge is 0.242 e. The SMILES string of the molecule is CNC(=O)[C@@H](C)N(Cc1ccc(C)cc1)C(=O)CCCN(c1ccc(F)c(F)c1)S(C)(=O)=O. The first-order valence-corrected chi connectivity index (χ1v) is 12.3. The average Bonchev–Trinajstić information content (AvgIpc) is 2.76. The normalized spacial score (nSPS) is 12.2. The van der Waals surface area contributed by atoms with Gasteiger partial charge in [0.25, 0.3) is 0 Å². The number of carbonyl (C=O) groups is 2. The lowest BCUT2D eigenvalue weighted by molar-refractivity contribution is -0.140. The molecule has 180 valence electrons. The van der Waals surface area contributed by atoms with Gasteiger partial charge < -0.3 is 10.2 Å². The molecule has 0 aliphatic carbocycles. The predicted molar refractivity (Wildman–Crippen MR) is 123 cm³/mol. The van der Waals surface area contributed by atoms with E-state index in [1.807, 2.05) is 31.2 Å². The zero-order valence-corrected chi connectivity index (χ0v) is 20.0. The highest BCUT2D eigenvalue weighted by atomic mass is 32.2. The van der Waals surface area contributed by atoms with Gasteiger partial charge in [0, 0.05) is 32.6 Å². The molecule has 2 aromatic rings. The van der Waals surface area contributed by atoms with Crippen molar-refractivity contribution in [2.24, 2.45) is 0 Å². The maximum absolute atomic E-state index is 13.6. The van der Waals surface area contributed by atoms with E-state index in [1.165, 1.54) is 18.0 Å². The number of hydrogen-bond donors (Lipinski definition) is 1. The molecule has 0 aromatic heterocycles. The summed E-state index contributed by atoms with van der Waals surface area (Å²) in [6.45, 7) is 3.67.